The van der Waals surface area contributed by atoms with Gasteiger partial charge in [0.15, 0.2) is 23.6 Å². The maximum atomic E-state index is 14.6. The third-order valence-corrected chi connectivity index (χ3v) is 3.23. The van der Waals surface area contributed by atoms with E-state index in [1.807, 2.05) is 0 Å². The molecular weight excluding hydrogens is 334 g/mol. The first-order valence-corrected chi connectivity index (χ1v) is 6.98. The van der Waals surface area contributed by atoms with E-state index in [0.717, 1.165) is 6.08 Å². The largest absolute Gasteiger partial charge is 0.462 e. The molecule has 0 aromatic heterocycles. The highest BCUT2D eigenvalue weighted by molar-refractivity contribution is 5.97. The van der Waals surface area contributed by atoms with Gasteiger partial charge in [0.1, 0.15) is 0 Å². The van der Waals surface area contributed by atoms with Crippen LogP contribution in [0.4, 0.5) is 17.6 Å². The molecule has 134 valence electrons. The molecule has 1 aliphatic rings. The van der Waals surface area contributed by atoms with E-state index in [-0.39, 0.29) is 6.08 Å². The van der Waals surface area contributed by atoms with Crippen LogP contribution in [0.1, 0.15) is 13.3 Å². The summed E-state index contributed by atoms with van der Waals surface area (Å²) in [4.78, 5) is 22.7. The fourth-order valence-corrected chi connectivity index (χ4v) is 1.98. The predicted octanol–water partition coefficient (Wildman–Crippen LogP) is 1.74. The highest BCUT2D eigenvalue weighted by atomic mass is 19.2. The summed E-state index contributed by atoms with van der Waals surface area (Å²) in [5.41, 5.74) is -0.941. The first kappa shape index (κ1) is 20.0. The summed E-state index contributed by atoms with van der Waals surface area (Å²) in [5, 5.41) is 10.6. The van der Waals surface area contributed by atoms with E-state index >= 15 is 0 Å². The van der Waals surface area contributed by atoms with E-state index in [9.17, 15) is 27.2 Å². The molecule has 0 bridgehead atoms. The van der Waals surface area contributed by atoms with Gasteiger partial charge in [0.2, 0.25) is 0 Å². The third-order valence-electron chi connectivity index (χ3n) is 3.23. The molecule has 5 nitrogen and oxygen atoms in total. The standard InChI is InChI=1S/C15H17F4NO4/c1-3-12(23)24-5-4-11(22)9-6-10(16)14(18)15(19,13(9)17)20-8(2)7-21/h3,6,8,13,20-21H,1,4-5,7H2,2H3. The fraction of sp³-hybridized carbons (Fsp3) is 0.467. The van der Waals surface area contributed by atoms with Crippen molar-refractivity contribution in [1.29, 1.82) is 0 Å². The smallest absolute Gasteiger partial charge is 0.330 e. The molecule has 1 rings (SSSR count). The van der Waals surface area contributed by atoms with Crippen molar-refractivity contribution in [3.05, 3.63) is 36.0 Å². The number of ether oxygens (including phenoxy) is 1. The van der Waals surface area contributed by atoms with Gasteiger partial charge in [-0.3, -0.25) is 10.1 Å². The van der Waals surface area contributed by atoms with Crippen LogP contribution in [0.3, 0.4) is 0 Å². The van der Waals surface area contributed by atoms with Gasteiger partial charge in [0, 0.05) is 24.1 Å². The third kappa shape index (κ3) is 4.30. The second-order valence-electron chi connectivity index (χ2n) is 5.11. The highest BCUT2D eigenvalue weighted by Gasteiger charge is 2.52. The first-order chi connectivity index (χ1) is 11.2. The lowest BCUT2D eigenvalue weighted by Gasteiger charge is -2.34. The Morgan fingerprint density at radius 1 is 1.54 bits per heavy atom. The Bertz CT molecular complexity index is 590. The van der Waals surface area contributed by atoms with Gasteiger partial charge >= 0.3 is 5.97 Å². The average molecular weight is 351 g/mol. The SMILES string of the molecule is C=CC(=O)OCCC(=O)C1=CC(F)=C(F)C(F)(NC(C)CO)C1F. The molecule has 0 saturated heterocycles. The van der Waals surface area contributed by atoms with E-state index in [2.05, 4.69) is 11.3 Å². The van der Waals surface area contributed by atoms with Crippen LogP contribution in [-0.4, -0.2) is 48.1 Å². The summed E-state index contributed by atoms with van der Waals surface area (Å²) in [7, 11) is 0. The molecule has 3 unspecified atom stereocenters. The zero-order chi connectivity index (χ0) is 18.5. The van der Waals surface area contributed by atoms with Crippen molar-refractivity contribution >= 4 is 11.8 Å². The summed E-state index contributed by atoms with van der Waals surface area (Å²) in [6.07, 6.45) is -2.28. The van der Waals surface area contributed by atoms with Crippen molar-refractivity contribution in [2.24, 2.45) is 0 Å². The Balaban J connectivity index is 2.95. The molecule has 0 radical (unpaired) electrons. The Hall–Kier alpha value is -2.00. The maximum Gasteiger partial charge on any atom is 0.330 e. The lowest BCUT2D eigenvalue weighted by atomic mass is 9.90. The lowest BCUT2D eigenvalue weighted by Crippen LogP contribution is -2.56. The molecule has 0 aliphatic heterocycles. The van der Waals surface area contributed by atoms with Crippen LogP contribution in [0, 0.1) is 0 Å². The Morgan fingerprint density at radius 3 is 2.71 bits per heavy atom. The fourth-order valence-electron chi connectivity index (χ4n) is 1.98. The Kier molecular flexibility index (Phi) is 6.85. The van der Waals surface area contributed by atoms with Crippen LogP contribution >= 0.6 is 0 Å². The summed E-state index contributed by atoms with van der Waals surface area (Å²) in [5.74, 6) is -9.29. The molecule has 0 aromatic rings. The van der Waals surface area contributed by atoms with Crippen molar-refractivity contribution < 1.29 is 37.0 Å². The van der Waals surface area contributed by atoms with Gasteiger partial charge in [-0.1, -0.05) is 6.58 Å². The number of alkyl halides is 2. The normalized spacial score (nSPS) is 25.1. The number of aliphatic hydroxyl groups is 1. The molecule has 2 N–H and O–H groups in total. The van der Waals surface area contributed by atoms with E-state index in [1.54, 1.807) is 5.32 Å². The van der Waals surface area contributed by atoms with Gasteiger partial charge in [0.25, 0.3) is 5.79 Å². The molecule has 0 aromatic carbocycles. The Labute approximate surface area is 135 Å². The minimum Gasteiger partial charge on any atom is -0.462 e. The minimum absolute atomic E-state index is 0.265. The molecular formula is C15H17F4NO4. The Morgan fingerprint density at radius 2 is 2.17 bits per heavy atom. The monoisotopic (exact) mass is 351 g/mol. The van der Waals surface area contributed by atoms with Crippen molar-refractivity contribution in [2.45, 2.75) is 31.4 Å². The molecule has 0 fully saturated rings. The molecule has 0 spiro atoms. The van der Waals surface area contributed by atoms with Gasteiger partial charge in [-0.15, -0.1) is 0 Å². The van der Waals surface area contributed by atoms with Crippen molar-refractivity contribution in [3.8, 4) is 0 Å². The summed E-state index contributed by atoms with van der Waals surface area (Å²) < 4.78 is 60.8. The van der Waals surface area contributed by atoms with E-state index < -0.39 is 66.6 Å². The number of hydrogen-bond acceptors (Lipinski definition) is 5. The molecule has 24 heavy (non-hydrogen) atoms. The summed E-state index contributed by atoms with van der Waals surface area (Å²) in [6, 6.07) is -1.10. The zero-order valence-corrected chi connectivity index (χ0v) is 12.8. The van der Waals surface area contributed by atoms with Crippen LogP contribution in [0.25, 0.3) is 0 Å². The number of nitrogens with one attached hydrogen (secondary N) is 1. The highest BCUT2D eigenvalue weighted by Crippen LogP contribution is 2.39. The number of allylic oxidation sites excluding steroid dienone is 2. The van der Waals surface area contributed by atoms with Crippen LogP contribution in [0.5, 0.6) is 0 Å². The summed E-state index contributed by atoms with van der Waals surface area (Å²) >= 11 is 0. The number of carbonyl (C=O) groups excluding carboxylic acids is 2. The lowest BCUT2D eigenvalue weighted by molar-refractivity contribution is -0.138. The first-order valence-electron chi connectivity index (χ1n) is 6.98. The van der Waals surface area contributed by atoms with Gasteiger partial charge < -0.3 is 9.84 Å². The minimum atomic E-state index is -3.62. The second-order valence-corrected chi connectivity index (χ2v) is 5.11. The van der Waals surface area contributed by atoms with E-state index in [4.69, 9.17) is 5.11 Å². The van der Waals surface area contributed by atoms with E-state index in [0.29, 0.717) is 0 Å². The van der Waals surface area contributed by atoms with Gasteiger partial charge in [-0.2, -0.15) is 0 Å². The summed E-state index contributed by atoms with van der Waals surface area (Å²) in [6.45, 7) is 3.22. The van der Waals surface area contributed by atoms with Crippen molar-refractivity contribution in [1.82, 2.24) is 5.32 Å². The van der Waals surface area contributed by atoms with Crippen LogP contribution in [-0.2, 0) is 14.3 Å². The number of halogens is 4. The van der Waals surface area contributed by atoms with E-state index in [1.165, 1.54) is 6.92 Å². The molecule has 9 heteroatoms. The molecule has 3 atom stereocenters. The quantitative estimate of drug-likeness (QED) is 0.302. The van der Waals surface area contributed by atoms with Crippen molar-refractivity contribution in [3.63, 3.8) is 0 Å². The van der Waals surface area contributed by atoms with Crippen molar-refractivity contribution in [2.75, 3.05) is 13.2 Å². The van der Waals surface area contributed by atoms with Gasteiger partial charge in [-0.25, -0.2) is 22.4 Å². The van der Waals surface area contributed by atoms with Crippen LogP contribution in [0.2, 0.25) is 0 Å². The predicted molar refractivity (Wildman–Crippen MR) is 76.5 cm³/mol. The molecule has 0 amide bonds. The molecule has 0 saturated carbocycles. The number of esters is 1. The maximum absolute atomic E-state index is 14.6. The number of Topliss-reactive ketones (excluding diaryl/α,β-unsaturated/α-hetero) is 1. The number of aliphatic hydroxyl groups excluding tert-OH is 1. The second kappa shape index (κ2) is 8.20. The van der Waals surface area contributed by atoms with Crippen LogP contribution in [0.15, 0.2) is 36.0 Å². The zero-order valence-electron chi connectivity index (χ0n) is 12.8. The van der Waals surface area contributed by atoms with Crippen LogP contribution < -0.4 is 5.32 Å². The average Bonchev–Trinajstić information content (AvgIpc) is 2.56. The number of carbonyl (C=O) groups is 2. The molecule has 0 heterocycles. The van der Waals surface area contributed by atoms with Gasteiger partial charge in [0.05, 0.1) is 13.2 Å². The molecule has 1 aliphatic carbocycles. The number of ketones is 1. The number of rotatable bonds is 8. The number of hydrogen-bond donors (Lipinski definition) is 2. The topological polar surface area (TPSA) is 75.6 Å². The van der Waals surface area contributed by atoms with Gasteiger partial charge in [-0.05, 0) is 13.0 Å².